The Bertz CT molecular complexity index is 481. The molecular weight excluding hydrogens is 296 g/mol. The Labute approximate surface area is 114 Å². The van der Waals surface area contributed by atoms with Gasteiger partial charge in [0.1, 0.15) is 6.07 Å². The predicted molar refractivity (Wildman–Crippen MR) is 71.4 cm³/mol. The molecule has 0 aliphatic carbocycles. The van der Waals surface area contributed by atoms with Gasteiger partial charge < -0.3 is 5.32 Å². The van der Waals surface area contributed by atoms with Crippen molar-refractivity contribution in [2.75, 3.05) is 6.54 Å². The van der Waals surface area contributed by atoms with Gasteiger partial charge in [-0.25, -0.2) is 0 Å². The lowest BCUT2D eigenvalue weighted by atomic mass is 10.3. The summed E-state index contributed by atoms with van der Waals surface area (Å²) in [5.41, 5.74) is 0.584. The Hall–Kier alpha value is -1.74. The van der Waals surface area contributed by atoms with E-state index in [0.29, 0.717) is 12.2 Å². The highest BCUT2D eigenvalue weighted by molar-refractivity contribution is 9.10. The molecule has 1 unspecified atom stereocenters. The second-order valence-corrected chi connectivity index (χ2v) is 4.34. The number of benzene rings is 1. The van der Waals surface area contributed by atoms with Crippen molar-refractivity contribution in [2.24, 2.45) is 10.2 Å². The predicted octanol–water partition coefficient (Wildman–Crippen LogP) is 2.95. The maximum absolute atomic E-state index is 11.5. The largest absolute Gasteiger partial charge is 0.353 e. The lowest BCUT2D eigenvalue weighted by Crippen LogP contribution is -2.32. The minimum Gasteiger partial charge on any atom is -0.353 e. The molecule has 0 saturated heterocycles. The van der Waals surface area contributed by atoms with E-state index < -0.39 is 11.9 Å². The molecule has 6 heteroatoms. The van der Waals surface area contributed by atoms with Crippen LogP contribution in [0.15, 0.2) is 39.0 Å². The summed E-state index contributed by atoms with van der Waals surface area (Å²) >= 11 is 3.31. The van der Waals surface area contributed by atoms with Crippen LogP contribution in [0.2, 0.25) is 0 Å². The van der Waals surface area contributed by atoms with E-state index in [9.17, 15) is 4.79 Å². The maximum atomic E-state index is 11.5. The lowest BCUT2D eigenvalue weighted by molar-refractivity contribution is -0.121. The molecule has 0 fully saturated rings. The van der Waals surface area contributed by atoms with Crippen LogP contribution in [0, 0.1) is 11.3 Å². The van der Waals surface area contributed by atoms with Gasteiger partial charge in [0.25, 0.3) is 5.91 Å². The number of nitrogens with zero attached hydrogens (tertiary/aromatic N) is 3. The second kappa shape index (κ2) is 7.56. The first-order valence-electron chi connectivity index (χ1n) is 5.51. The van der Waals surface area contributed by atoms with E-state index >= 15 is 0 Å². The topological polar surface area (TPSA) is 77.6 Å². The molecule has 94 valence electrons. The highest BCUT2D eigenvalue weighted by Gasteiger charge is 2.15. The number of carbonyl (C=O) groups is 1. The molecule has 18 heavy (non-hydrogen) atoms. The molecule has 0 radical (unpaired) electrons. The Kier molecular flexibility index (Phi) is 6.01. The van der Waals surface area contributed by atoms with E-state index in [1.165, 1.54) is 0 Å². The molecule has 1 amide bonds. The van der Waals surface area contributed by atoms with Crippen molar-refractivity contribution in [3.8, 4) is 6.07 Å². The van der Waals surface area contributed by atoms with Gasteiger partial charge in [0.05, 0.1) is 5.69 Å². The van der Waals surface area contributed by atoms with Gasteiger partial charge in [-0.3, -0.25) is 4.79 Å². The number of azo groups is 1. The van der Waals surface area contributed by atoms with Gasteiger partial charge in [-0.05, 0) is 34.5 Å². The molecule has 1 atom stereocenters. The average molecular weight is 309 g/mol. The summed E-state index contributed by atoms with van der Waals surface area (Å²) in [6.45, 7) is 2.46. The summed E-state index contributed by atoms with van der Waals surface area (Å²) in [5.74, 6) is -0.421. The number of hydrogen-bond acceptors (Lipinski definition) is 4. The van der Waals surface area contributed by atoms with Gasteiger partial charge >= 0.3 is 0 Å². The molecule has 0 aliphatic rings. The van der Waals surface area contributed by atoms with Crippen LogP contribution >= 0.6 is 15.9 Å². The smallest absolute Gasteiger partial charge is 0.261 e. The van der Waals surface area contributed by atoms with Crippen LogP contribution in [0.25, 0.3) is 0 Å². The fourth-order valence-electron chi connectivity index (χ4n) is 1.13. The Morgan fingerprint density at radius 1 is 1.56 bits per heavy atom. The number of hydrogen-bond donors (Lipinski definition) is 1. The molecule has 0 heterocycles. The molecule has 1 rings (SSSR count). The normalized spacial score (nSPS) is 12.1. The Morgan fingerprint density at radius 2 is 2.28 bits per heavy atom. The lowest BCUT2D eigenvalue weighted by Gasteiger charge is -2.04. The highest BCUT2D eigenvalue weighted by Crippen LogP contribution is 2.24. The fourth-order valence-corrected chi connectivity index (χ4v) is 1.50. The summed E-state index contributed by atoms with van der Waals surface area (Å²) in [6, 6.07) is 7.91. The number of carbonyl (C=O) groups excluding carboxylic acids is 1. The number of nitriles is 1. The Morgan fingerprint density at radius 3 is 2.89 bits per heavy atom. The van der Waals surface area contributed by atoms with Crippen molar-refractivity contribution >= 4 is 27.5 Å². The quantitative estimate of drug-likeness (QED) is 0.849. The van der Waals surface area contributed by atoms with Crippen LogP contribution in [0.5, 0.6) is 0 Å². The van der Waals surface area contributed by atoms with Gasteiger partial charge in [-0.1, -0.05) is 19.1 Å². The average Bonchev–Trinajstić information content (AvgIpc) is 2.39. The molecule has 0 spiro atoms. The fraction of sp³-hybridized carbons (Fsp3) is 0.333. The van der Waals surface area contributed by atoms with E-state index in [1.54, 1.807) is 12.1 Å². The number of amides is 1. The molecule has 0 aromatic heterocycles. The van der Waals surface area contributed by atoms with Crippen molar-refractivity contribution in [3.63, 3.8) is 0 Å². The standard InChI is InChI=1S/C12H13BrN4O/c1-2-7-15-12(18)11(8-14)17-16-10-6-4-3-5-9(10)13/h3-6,11H,2,7H2,1H3,(H,15,18). The first-order valence-corrected chi connectivity index (χ1v) is 6.31. The van der Waals surface area contributed by atoms with Gasteiger partial charge in [0.15, 0.2) is 0 Å². The van der Waals surface area contributed by atoms with Crippen molar-refractivity contribution in [2.45, 2.75) is 19.4 Å². The van der Waals surface area contributed by atoms with Crippen LogP contribution < -0.4 is 5.32 Å². The first-order chi connectivity index (χ1) is 8.69. The summed E-state index contributed by atoms with van der Waals surface area (Å²) in [7, 11) is 0. The third-order valence-corrected chi connectivity index (χ3v) is 2.72. The van der Waals surface area contributed by atoms with Crippen molar-refractivity contribution in [1.82, 2.24) is 5.32 Å². The van der Waals surface area contributed by atoms with Crippen LogP contribution in [-0.4, -0.2) is 18.5 Å². The SMILES string of the molecule is CCCNC(=O)C(C#N)N=Nc1ccccc1Br. The highest BCUT2D eigenvalue weighted by atomic mass is 79.9. The molecule has 1 aromatic carbocycles. The number of nitrogens with one attached hydrogen (secondary N) is 1. The molecule has 0 saturated carbocycles. The third kappa shape index (κ3) is 4.26. The van der Waals surface area contributed by atoms with Crippen LogP contribution in [-0.2, 0) is 4.79 Å². The van der Waals surface area contributed by atoms with Gasteiger partial charge in [-0.15, -0.1) is 0 Å². The zero-order chi connectivity index (χ0) is 13.4. The van der Waals surface area contributed by atoms with Gasteiger partial charge in [0, 0.05) is 11.0 Å². The molecule has 5 nitrogen and oxygen atoms in total. The van der Waals surface area contributed by atoms with Crippen LogP contribution in [0.3, 0.4) is 0 Å². The molecule has 1 aromatic rings. The van der Waals surface area contributed by atoms with E-state index in [-0.39, 0.29) is 0 Å². The van der Waals surface area contributed by atoms with Gasteiger partial charge in [-0.2, -0.15) is 15.5 Å². The van der Waals surface area contributed by atoms with Crippen LogP contribution in [0.1, 0.15) is 13.3 Å². The van der Waals surface area contributed by atoms with E-state index in [4.69, 9.17) is 5.26 Å². The second-order valence-electron chi connectivity index (χ2n) is 3.49. The van der Waals surface area contributed by atoms with Crippen molar-refractivity contribution in [1.29, 1.82) is 5.26 Å². The summed E-state index contributed by atoms with van der Waals surface area (Å²) < 4.78 is 0.763. The molecular formula is C12H13BrN4O. The maximum Gasteiger partial charge on any atom is 0.261 e. The Balaban J connectivity index is 2.72. The van der Waals surface area contributed by atoms with E-state index in [2.05, 4.69) is 31.5 Å². The number of halogens is 1. The van der Waals surface area contributed by atoms with Crippen molar-refractivity contribution < 1.29 is 4.79 Å². The summed E-state index contributed by atoms with van der Waals surface area (Å²) in [4.78, 5) is 11.5. The third-order valence-electron chi connectivity index (χ3n) is 2.05. The zero-order valence-electron chi connectivity index (χ0n) is 9.93. The molecule has 0 bridgehead atoms. The summed E-state index contributed by atoms with van der Waals surface area (Å²) in [5, 5.41) is 19.1. The minimum atomic E-state index is -1.11. The monoisotopic (exact) mass is 308 g/mol. The molecule has 1 N–H and O–H groups in total. The summed E-state index contributed by atoms with van der Waals surface area (Å²) in [6.07, 6.45) is 0.811. The minimum absolute atomic E-state index is 0.421. The number of rotatable bonds is 5. The van der Waals surface area contributed by atoms with Gasteiger partial charge in [0.2, 0.25) is 6.04 Å². The van der Waals surface area contributed by atoms with E-state index in [1.807, 2.05) is 25.1 Å². The van der Waals surface area contributed by atoms with Crippen LogP contribution in [0.4, 0.5) is 5.69 Å². The zero-order valence-corrected chi connectivity index (χ0v) is 11.5. The van der Waals surface area contributed by atoms with E-state index in [0.717, 1.165) is 10.9 Å². The van der Waals surface area contributed by atoms with Crippen molar-refractivity contribution in [3.05, 3.63) is 28.7 Å². The first kappa shape index (κ1) is 14.3. The molecule has 0 aliphatic heterocycles.